The summed E-state index contributed by atoms with van der Waals surface area (Å²) < 4.78 is 5.38. The first-order chi connectivity index (χ1) is 7.97. The van der Waals surface area contributed by atoms with Crippen LogP contribution in [0, 0.1) is 11.3 Å². The lowest BCUT2D eigenvalue weighted by Gasteiger charge is -2.21. The highest BCUT2D eigenvalue weighted by molar-refractivity contribution is 5.75. The average Bonchev–Trinajstić information content (AvgIpc) is 2.29. The smallest absolute Gasteiger partial charge is 0.311 e. The predicted molar refractivity (Wildman–Crippen MR) is 73.0 cm³/mol. The molecule has 2 nitrogen and oxygen atoms in total. The average molecular weight is 242 g/mol. The van der Waals surface area contributed by atoms with Crippen LogP contribution in [-0.4, -0.2) is 12.6 Å². The highest BCUT2D eigenvalue weighted by Crippen LogP contribution is 2.23. The Morgan fingerprint density at radius 2 is 1.59 bits per heavy atom. The number of esters is 1. The van der Waals surface area contributed by atoms with Gasteiger partial charge in [-0.1, -0.05) is 46.5 Å². The Balaban J connectivity index is 3.91. The first-order valence-electron chi connectivity index (χ1n) is 7.15. The van der Waals surface area contributed by atoms with Gasteiger partial charge in [-0.2, -0.15) is 0 Å². The Morgan fingerprint density at radius 3 is 2.00 bits per heavy atom. The largest absolute Gasteiger partial charge is 0.465 e. The zero-order valence-corrected chi connectivity index (χ0v) is 12.3. The summed E-state index contributed by atoms with van der Waals surface area (Å²) in [5.74, 6) is 0.675. The number of hydrogen-bond donors (Lipinski definition) is 0. The molecule has 0 saturated carbocycles. The molecule has 0 aromatic rings. The van der Waals surface area contributed by atoms with Crippen molar-refractivity contribution >= 4 is 5.97 Å². The minimum atomic E-state index is -0.328. The number of ether oxygens (including phenoxy) is 1. The molecule has 0 N–H and O–H groups in total. The van der Waals surface area contributed by atoms with Gasteiger partial charge in [-0.3, -0.25) is 4.79 Å². The van der Waals surface area contributed by atoms with Crippen LogP contribution in [0.1, 0.15) is 73.1 Å². The lowest BCUT2D eigenvalue weighted by molar-refractivity contribution is -0.154. The Labute approximate surface area is 107 Å². The second-order valence-corrected chi connectivity index (χ2v) is 5.61. The number of carbonyl (C=O) groups excluding carboxylic acids is 1. The molecule has 0 amide bonds. The molecule has 0 heterocycles. The number of carbonyl (C=O) groups is 1. The van der Waals surface area contributed by atoms with E-state index in [-0.39, 0.29) is 11.4 Å². The van der Waals surface area contributed by atoms with Crippen molar-refractivity contribution in [3.8, 4) is 0 Å². The van der Waals surface area contributed by atoms with Crippen LogP contribution in [0.2, 0.25) is 0 Å². The summed E-state index contributed by atoms with van der Waals surface area (Å²) in [6, 6.07) is 0. The maximum absolute atomic E-state index is 11.8. The molecule has 17 heavy (non-hydrogen) atoms. The molecule has 2 heteroatoms. The van der Waals surface area contributed by atoms with Crippen molar-refractivity contribution in [3.05, 3.63) is 0 Å². The molecule has 0 bridgehead atoms. The van der Waals surface area contributed by atoms with Gasteiger partial charge >= 0.3 is 5.97 Å². The fraction of sp³-hybridized carbons (Fsp3) is 0.933. The van der Waals surface area contributed by atoms with Crippen molar-refractivity contribution in [2.24, 2.45) is 11.3 Å². The van der Waals surface area contributed by atoms with Crippen LogP contribution in [0.25, 0.3) is 0 Å². The van der Waals surface area contributed by atoms with Crippen LogP contribution < -0.4 is 0 Å². The van der Waals surface area contributed by atoms with Crippen molar-refractivity contribution in [3.63, 3.8) is 0 Å². The van der Waals surface area contributed by atoms with Crippen molar-refractivity contribution in [2.45, 2.75) is 73.1 Å². The molecule has 0 aliphatic heterocycles. The van der Waals surface area contributed by atoms with E-state index in [9.17, 15) is 4.79 Å². The summed E-state index contributed by atoms with van der Waals surface area (Å²) in [5.41, 5.74) is -0.328. The topological polar surface area (TPSA) is 26.3 Å². The van der Waals surface area contributed by atoms with Gasteiger partial charge in [0.2, 0.25) is 0 Å². The molecule has 0 spiro atoms. The maximum Gasteiger partial charge on any atom is 0.311 e. The van der Waals surface area contributed by atoms with E-state index in [4.69, 9.17) is 4.74 Å². The number of rotatable bonds is 9. The van der Waals surface area contributed by atoms with Crippen LogP contribution >= 0.6 is 0 Å². The van der Waals surface area contributed by atoms with Crippen LogP contribution in [0.4, 0.5) is 0 Å². The van der Waals surface area contributed by atoms with Gasteiger partial charge in [0.05, 0.1) is 12.0 Å². The minimum Gasteiger partial charge on any atom is -0.465 e. The monoisotopic (exact) mass is 242 g/mol. The summed E-state index contributed by atoms with van der Waals surface area (Å²) in [6.45, 7) is 10.9. The summed E-state index contributed by atoms with van der Waals surface area (Å²) in [4.78, 5) is 11.8. The second kappa shape index (κ2) is 8.54. The van der Waals surface area contributed by atoms with Gasteiger partial charge in [-0.25, -0.2) is 0 Å². The molecule has 0 rings (SSSR count). The van der Waals surface area contributed by atoms with Gasteiger partial charge in [0.15, 0.2) is 0 Å². The molecule has 0 atom stereocenters. The normalized spacial score (nSPS) is 11.9. The highest BCUT2D eigenvalue weighted by Gasteiger charge is 2.26. The van der Waals surface area contributed by atoms with Gasteiger partial charge in [0.25, 0.3) is 0 Å². The first-order valence-corrected chi connectivity index (χ1v) is 7.15. The summed E-state index contributed by atoms with van der Waals surface area (Å²) in [6.07, 6.45) is 6.80. The Morgan fingerprint density at radius 1 is 1.06 bits per heavy atom. The Bertz CT molecular complexity index is 203. The summed E-state index contributed by atoms with van der Waals surface area (Å²) in [5, 5.41) is 0. The Hall–Kier alpha value is -0.530. The Kier molecular flexibility index (Phi) is 8.28. The van der Waals surface area contributed by atoms with Gasteiger partial charge in [0.1, 0.15) is 0 Å². The van der Waals surface area contributed by atoms with Crippen LogP contribution in [-0.2, 0) is 9.53 Å². The van der Waals surface area contributed by atoms with E-state index < -0.39 is 0 Å². The zero-order chi connectivity index (χ0) is 13.3. The van der Waals surface area contributed by atoms with Crippen molar-refractivity contribution in [1.82, 2.24) is 0 Å². The van der Waals surface area contributed by atoms with Crippen LogP contribution in [0.3, 0.4) is 0 Å². The minimum absolute atomic E-state index is 0.0493. The third-order valence-electron chi connectivity index (χ3n) is 3.59. The molecule has 0 unspecified atom stereocenters. The molecule has 0 aromatic heterocycles. The van der Waals surface area contributed by atoms with E-state index >= 15 is 0 Å². The molecule has 0 saturated heterocycles. The van der Waals surface area contributed by atoms with Crippen LogP contribution in [0.15, 0.2) is 0 Å². The van der Waals surface area contributed by atoms with Gasteiger partial charge in [-0.15, -0.1) is 0 Å². The van der Waals surface area contributed by atoms with E-state index in [1.165, 1.54) is 25.7 Å². The van der Waals surface area contributed by atoms with Crippen molar-refractivity contribution in [1.29, 1.82) is 0 Å². The summed E-state index contributed by atoms with van der Waals surface area (Å²) >= 11 is 0. The molecule has 0 fully saturated rings. The lowest BCUT2D eigenvalue weighted by Crippen LogP contribution is -2.26. The van der Waals surface area contributed by atoms with Gasteiger partial charge in [-0.05, 0) is 32.6 Å². The molecule has 0 aromatic carbocycles. The quantitative estimate of drug-likeness (QED) is 0.553. The molecule has 0 aliphatic rings. The zero-order valence-electron chi connectivity index (χ0n) is 12.3. The summed E-state index contributed by atoms with van der Waals surface area (Å²) in [7, 11) is 0. The maximum atomic E-state index is 11.8. The molecular weight excluding hydrogens is 212 g/mol. The van der Waals surface area contributed by atoms with Crippen molar-refractivity contribution < 1.29 is 9.53 Å². The van der Waals surface area contributed by atoms with E-state index in [1.54, 1.807) is 0 Å². The third-order valence-corrected chi connectivity index (χ3v) is 3.59. The molecule has 102 valence electrons. The molecular formula is C15H30O2. The van der Waals surface area contributed by atoms with E-state index in [1.807, 2.05) is 20.8 Å². The number of hydrogen-bond acceptors (Lipinski definition) is 2. The van der Waals surface area contributed by atoms with Crippen molar-refractivity contribution in [2.75, 3.05) is 6.61 Å². The van der Waals surface area contributed by atoms with Crippen LogP contribution in [0.5, 0.6) is 0 Å². The fourth-order valence-corrected chi connectivity index (χ4v) is 1.91. The van der Waals surface area contributed by atoms with E-state index in [0.29, 0.717) is 6.61 Å². The lowest BCUT2D eigenvalue weighted by atomic mass is 9.90. The van der Waals surface area contributed by atoms with E-state index in [0.717, 1.165) is 18.8 Å². The molecule has 0 radical (unpaired) electrons. The fourth-order valence-electron chi connectivity index (χ4n) is 1.91. The highest BCUT2D eigenvalue weighted by atomic mass is 16.5. The van der Waals surface area contributed by atoms with Gasteiger partial charge < -0.3 is 4.74 Å². The third kappa shape index (κ3) is 6.70. The molecule has 0 aliphatic carbocycles. The second-order valence-electron chi connectivity index (χ2n) is 5.61. The first kappa shape index (κ1) is 16.5. The van der Waals surface area contributed by atoms with E-state index in [2.05, 4.69) is 13.8 Å². The van der Waals surface area contributed by atoms with Gasteiger partial charge in [0, 0.05) is 0 Å². The predicted octanol–water partition coefficient (Wildman–Crippen LogP) is 4.57. The SMILES string of the molecule is CCCC(CCC)CCOC(=O)C(C)(C)CC. The standard InChI is InChI=1S/C15H30O2/c1-6-9-13(10-7-2)11-12-17-14(16)15(4,5)8-3/h13H,6-12H2,1-5H3.